The van der Waals surface area contributed by atoms with Crippen LogP contribution in [0.25, 0.3) is 0 Å². The van der Waals surface area contributed by atoms with Crippen molar-refractivity contribution in [3.63, 3.8) is 0 Å². The van der Waals surface area contributed by atoms with E-state index in [0.717, 1.165) is 11.3 Å². The van der Waals surface area contributed by atoms with Gasteiger partial charge in [-0.25, -0.2) is 0 Å². The van der Waals surface area contributed by atoms with E-state index < -0.39 is 23.7 Å². The van der Waals surface area contributed by atoms with Crippen LogP contribution in [0.1, 0.15) is 32.1 Å². The number of rotatable bonds is 7. The highest BCUT2D eigenvalue weighted by molar-refractivity contribution is 5.28. The SMILES string of the molecule is COCOC[C@@]1(N)COC(C)(C)O[C@H]1[C@H]1CCO[C@@H](c2ccc(OC)cc2)O1. The van der Waals surface area contributed by atoms with Crippen molar-refractivity contribution in [2.45, 2.75) is 50.1 Å². The van der Waals surface area contributed by atoms with Gasteiger partial charge in [0.05, 0.1) is 38.6 Å². The van der Waals surface area contributed by atoms with E-state index in [9.17, 15) is 0 Å². The molecule has 0 bridgehead atoms. The van der Waals surface area contributed by atoms with Gasteiger partial charge in [-0.3, -0.25) is 0 Å². The van der Waals surface area contributed by atoms with Gasteiger partial charge in [-0.1, -0.05) is 12.1 Å². The highest BCUT2D eigenvalue weighted by atomic mass is 16.7. The fourth-order valence-corrected chi connectivity index (χ4v) is 3.45. The Hall–Kier alpha value is -1.26. The monoisotopic (exact) mass is 397 g/mol. The lowest BCUT2D eigenvalue weighted by Crippen LogP contribution is -2.69. The standard InChI is InChI=1S/C20H31NO7/c1-19(2)26-12-20(21,11-24-13-22-3)17(28-19)16-9-10-25-18(27-16)14-5-7-15(23-4)8-6-14/h5-8,16-18H,9-13,21H2,1-4H3/t16-,17+,18-,20-/m1/s1. The minimum atomic E-state index is -0.861. The van der Waals surface area contributed by atoms with Gasteiger partial charge < -0.3 is 38.9 Å². The lowest BCUT2D eigenvalue weighted by molar-refractivity contribution is -0.342. The van der Waals surface area contributed by atoms with Crippen LogP contribution in [0, 0.1) is 0 Å². The summed E-state index contributed by atoms with van der Waals surface area (Å²) in [5, 5.41) is 0. The predicted molar refractivity (Wildman–Crippen MR) is 101 cm³/mol. The number of methoxy groups -OCH3 is 2. The summed E-state index contributed by atoms with van der Waals surface area (Å²) < 4.78 is 39.8. The topological polar surface area (TPSA) is 90.6 Å². The third-order valence-electron chi connectivity index (χ3n) is 4.93. The number of nitrogens with two attached hydrogens (primary N) is 1. The van der Waals surface area contributed by atoms with Crippen molar-refractivity contribution in [2.75, 3.05) is 40.8 Å². The van der Waals surface area contributed by atoms with E-state index in [4.69, 9.17) is 38.9 Å². The zero-order chi connectivity index (χ0) is 20.2. The molecular weight excluding hydrogens is 366 g/mol. The molecular formula is C20H31NO7. The Balaban J connectivity index is 1.74. The Morgan fingerprint density at radius 3 is 2.61 bits per heavy atom. The zero-order valence-corrected chi connectivity index (χ0v) is 17.0. The van der Waals surface area contributed by atoms with Gasteiger partial charge >= 0.3 is 0 Å². The van der Waals surface area contributed by atoms with Crippen LogP contribution < -0.4 is 10.5 Å². The summed E-state index contributed by atoms with van der Waals surface area (Å²) in [6.07, 6.45) is -0.516. The summed E-state index contributed by atoms with van der Waals surface area (Å²) >= 11 is 0. The zero-order valence-electron chi connectivity index (χ0n) is 17.0. The van der Waals surface area contributed by atoms with Crippen LogP contribution in [0.4, 0.5) is 0 Å². The summed E-state index contributed by atoms with van der Waals surface area (Å²) in [6, 6.07) is 7.62. The Kier molecular flexibility index (Phi) is 6.93. The molecule has 0 unspecified atom stereocenters. The van der Waals surface area contributed by atoms with Gasteiger partial charge in [0, 0.05) is 12.7 Å². The summed E-state index contributed by atoms with van der Waals surface area (Å²) in [5.74, 6) is 0.0217. The van der Waals surface area contributed by atoms with Crippen LogP contribution in [0.5, 0.6) is 5.75 Å². The average molecular weight is 397 g/mol. The molecule has 1 aromatic carbocycles. The summed E-state index contributed by atoms with van der Waals surface area (Å²) in [4.78, 5) is 0. The maximum absolute atomic E-state index is 6.65. The maximum Gasteiger partial charge on any atom is 0.184 e. The fourth-order valence-electron chi connectivity index (χ4n) is 3.45. The van der Waals surface area contributed by atoms with Crippen molar-refractivity contribution in [3.8, 4) is 5.75 Å². The normalized spacial score (nSPS) is 32.8. The first-order valence-electron chi connectivity index (χ1n) is 9.45. The first kappa shape index (κ1) is 21.4. The molecule has 2 fully saturated rings. The van der Waals surface area contributed by atoms with Crippen molar-refractivity contribution in [1.29, 1.82) is 0 Å². The molecule has 3 rings (SSSR count). The highest BCUT2D eigenvalue weighted by Gasteiger charge is 2.51. The van der Waals surface area contributed by atoms with Crippen LogP contribution in [-0.4, -0.2) is 64.4 Å². The molecule has 4 atom stereocenters. The molecule has 0 aliphatic carbocycles. The quantitative estimate of drug-likeness (QED) is 0.552. The van der Waals surface area contributed by atoms with Crippen molar-refractivity contribution < 1.29 is 33.2 Å². The first-order valence-corrected chi connectivity index (χ1v) is 9.45. The minimum absolute atomic E-state index is 0.151. The second-order valence-corrected chi connectivity index (χ2v) is 7.65. The number of ether oxygens (including phenoxy) is 7. The van der Waals surface area contributed by atoms with Gasteiger partial charge in [-0.05, 0) is 32.4 Å². The smallest absolute Gasteiger partial charge is 0.184 e. The van der Waals surface area contributed by atoms with E-state index in [1.54, 1.807) is 14.2 Å². The molecule has 0 radical (unpaired) electrons. The van der Waals surface area contributed by atoms with Crippen molar-refractivity contribution in [3.05, 3.63) is 29.8 Å². The molecule has 2 heterocycles. The molecule has 2 aliphatic heterocycles. The van der Waals surface area contributed by atoms with E-state index in [0.29, 0.717) is 19.6 Å². The van der Waals surface area contributed by atoms with Crippen molar-refractivity contribution in [2.24, 2.45) is 5.73 Å². The molecule has 8 heteroatoms. The van der Waals surface area contributed by atoms with E-state index in [1.807, 2.05) is 38.1 Å². The van der Waals surface area contributed by atoms with Crippen LogP contribution in [0.2, 0.25) is 0 Å². The number of hydrogen-bond donors (Lipinski definition) is 1. The molecule has 2 aliphatic rings. The molecule has 8 nitrogen and oxygen atoms in total. The van der Waals surface area contributed by atoms with Gasteiger partial charge in [-0.15, -0.1) is 0 Å². The van der Waals surface area contributed by atoms with Crippen LogP contribution in [0.15, 0.2) is 24.3 Å². The Morgan fingerprint density at radius 2 is 1.93 bits per heavy atom. The van der Waals surface area contributed by atoms with E-state index in [-0.39, 0.29) is 19.5 Å². The van der Waals surface area contributed by atoms with Crippen molar-refractivity contribution in [1.82, 2.24) is 0 Å². The molecule has 2 saturated heterocycles. The molecule has 0 amide bonds. The summed E-state index contributed by atoms with van der Waals surface area (Å²) in [5.41, 5.74) is 6.70. The lowest BCUT2D eigenvalue weighted by atomic mass is 9.87. The number of benzene rings is 1. The molecule has 158 valence electrons. The van der Waals surface area contributed by atoms with Crippen LogP contribution in [-0.2, 0) is 28.4 Å². The lowest BCUT2D eigenvalue weighted by Gasteiger charge is -2.50. The average Bonchev–Trinajstić information content (AvgIpc) is 2.70. The van der Waals surface area contributed by atoms with Gasteiger partial charge in [0.1, 0.15) is 18.6 Å². The second-order valence-electron chi connectivity index (χ2n) is 7.65. The van der Waals surface area contributed by atoms with Crippen LogP contribution in [0.3, 0.4) is 0 Å². The van der Waals surface area contributed by atoms with E-state index >= 15 is 0 Å². The minimum Gasteiger partial charge on any atom is -0.497 e. The largest absolute Gasteiger partial charge is 0.497 e. The summed E-state index contributed by atoms with van der Waals surface area (Å²) in [7, 11) is 3.20. The van der Waals surface area contributed by atoms with Gasteiger partial charge in [0.15, 0.2) is 12.1 Å². The third kappa shape index (κ3) is 5.01. The molecule has 0 spiro atoms. The van der Waals surface area contributed by atoms with Crippen LogP contribution >= 0.6 is 0 Å². The molecule has 2 N–H and O–H groups in total. The summed E-state index contributed by atoms with van der Waals surface area (Å²) in [6.45, 7) is 4.96. The van der Waals surface area contributed by atoms with E-state index in [2.05, 4.69) is 0 Å². The Bertz CT molecular complexity index is 623. The van der Waals surface area contributed by atoms with Gasteiger partial charge in [-0.2, -0.15) is 0 Å². The van der Waals surface area contributed by atoms with Gasteiger partial charge in [0.2, 0.25) is 0 Å². The molecule has 1 aromatic rings. The first-order chi connectivity index (χ1) is 13.4. The fraction of sp³-hybridized carbons (Fsp3) is 0.700. The number of hydrogen-bond acceptors (Lipinski definition) is 8. The maximum atomic E-state index is 6.65. The molecule has 0 saturated carbocycles. The molecule has 28 heavy (non-hydrogen) atoms. The Morgan fingerprint density at radius 1 is 1.18 bits per heavy atom. The Labute approximate surface area is 166 Å². The third-order valence-corrected chi connectivity index (χ3v) is 4.93. The predicted octanol–water partition coefficient (Wildman–Crippen LogP) is 1.97. The second kappa shape index (κ2) is 9.04. The van der Waals surface area contributed by atoms with Crippen molar-refractivity contribution >= 4 is 0 Å². The highest BCUT2D eigenvalue weighted by Crippen LogP contribution is 2.36. The molecule has 0 aromatic heterocycles. The van der Waals surface area contributed by atoms with E-state index in [1.165, 1.54) is 0 Å². The van der Waals surface area contributed by atoms with Gasteiger partial charge in [0.25, 0.3) is 0 Å².